The molecule has 0 N–H and O–H groups in total. The summed E-state index contributed by atoms with van der Waals surface area (Å²) in [5.41, 5.74) is 6.26. The second-order valence-corrected chi connectivity index (χ2v) is 12.1. The first kappa shape index (κ1) is 28.9. The van der Waals surface area contributed by atoms with Crippen LogP contribution in [0.5, 0.6) is 11.5 Å². The Bertz CT molecular complexity index is 1760. The first-order valence-corrected chi connectivity index (χ1v) is 15.8. The first-order valence-electron chi connectivity index (χ1n) is 15.8. The van der Waals surface area contributed by atoms with Gasteiger partial charge in [0.1, 0.15) is 11.5 Å². The van der Waals surface area contributed by atoms with E-state index in [0.29, 0.717) is 42.7 Å². The van der Waals surface area contributed by atoms with Gasteiger partial charge >= 0.3 is 0 Å². The van der Waals surface area contributed by atoms with E-state index < -0.39 is 0 Å². The summed E-state index contributed by atoms with van der Waals surface area (Å²) in [5, 5.41) is 3.89. The van der Waals surface area contributed by atoms with Gasteiger partial charge in [0.25, 0.3) is 5.89 Å². The summed E-state index contributed by atoms with van der Waals surface area (Å²) in [6.45, 7) is 6.15. The van der Waals surface area contributed by atoms with Gasteiger partial charge in [-0.05, 0) is 85.9 Å². The largest absolute Gasteiger partial charge is 0.457 e. The molecule has 7 rings (SSSR count). The summed E-state index contributed by atoms with van der Waals surface area (Å²) < 4.78 is 11.9. The Morgan fingerprint density at radius 3 is 2.44 bits per heavy atom. The van der Waals surface area contributed by atoms with Crippen molar-refractivity contribution < 1.29 is 14.1 Å². The molecule has 0 unspecified atom stereocenters. The second kappa shape index (κ2) is 13.0. The summed E-state index contributed by atoms with van der Waals surface area (Å²) in [6, 6.07) is 26.4. The van der Waals surface area contributed by atoms with Gasteiger partial charge in [-0.25, -0.2) is 0 Å². The number of aromatic nitrogens is 3. The second-order valence-electron chi connectivity index (χ2n) is 12.1. The highest BCUT2D eigenvalue weighted by molar-refractivity contribution is 5.80. The molecule has 228 valence electrons. The fraction of sp³-hybridized carbons (Fsp3) is 0.297. The maximum atomic E-state index is 13.1. The van der Waals surface area contributed by atoms with E-state index in [2.05, 4.69) is 56.4 Å². The number of amides is 1. The van der Waals surface area contributed by atoms with Crippen LogP contribution in [0.2, 0.25) is 0 Å². The van der Waals surface area contributed by atoms with Crippen molar-refractivity contribution in [3.63, 3.8) is 0 Å². The quantitative estimate of drug-likeness (QED) is 0.175. The lowest BCUT2D eigenvalue weighted by Gasteiger charge is -2.26. The lowest BCUT2D eigenvalue weighted by atomic mass is 9.98. The van der Waals surface area contributed by atoms with Crippen LogP contribution >= 0.6 is 0 Å². The van der Waals surface area contributed by atoms with Crippen LogP contribution in [-0.4, -0.2) is 50.5 Å². The summed E-state index contributed by atoms with van der Waals surface area (Å²) >= 11 is 0. The molecule has 3 aromatic carbocycles. The number of hydrogen-bond acceptors (Lipinski definition) is 7. The molecule has 0 radical (unpaired) electrons. The van der Waals surface area contributed by atoms with Gasteiger partial charge < -0.3 is 14.2 Å². The Labute approximate surface area is 263 Å². The predicted octanol–water partition coefficient (Wildman–Crippen LogP) is 7.40. The van der Waals surface area contributed by atoms with Crippen molar-refractivity contribution in [3.8, 4) is 34.1 Å². The standard InChI is InChI=1S/C37H37N5O3/c1-26-39-37(45-40-26)29-12-14-34(15-13-29)44-35-19-30(32-18-27(21-38-22-32)23-41-16-6-3-7-17-41)10-11-31(35)24-42-25-33(20-36(42)43)28-8-4-2-5-9-28/h2,4-5,8-15,18-19,21-22,33H,3,6-7,16-17,20,23-25H2,1H3/t33-/m1/s1. The van der Waals surface area contributed by atoms with Gasteiger partial charge in [-0.2, -0.15) is 4.98 Å². The fourth-order valence-corrected chi connectivity index (χ4v) is 6.35. The number of hydrogen-bond donors (Lipinski definition) is 0. The highest BCUT2D eigenvalue weighted by Crippen LogP contribution is 2.35. The number of carbonyl (C=O) groups excluding carboxylic acids is 1. The van der Waals surface area contributed by atoms with Crippen LogP contribution in [0.4, 0.5) is 0 Å². The lowest BCUT2D eigenvalue weighted by molar-refractivity contribution is -0.128. The average molecular weight is 600 g/mol. The molecule has 1 amide bonds. The van der Waals surface area contributed by atoms with Crippen molar-refractivity contribution in [2.24, 2.45) is 0 Å². The number of aryl methyl sites for hydroxylation is 1. The fourth-order valence-electron chi connectivity index (χ4n) is 6.35. The molecule has 8 heteroatoms. The van der Waals surface area contributed by atoms with Crippen LogP contribution in [0, 0.1) is 6.92 Å². The van der Waals surface area contributed by atoms with Crippen molar-refractivity contribution in [1.29, 1.82) is 0 Å². The van der Waals surface area contributed by atoms with Crippen molar-refractivity contribution in [2.75, 3.05) is 19.6 Å². The molecule has 2 aliphatic rings. The van der Waals surface area contributed by atoms with Crippen LogP contribution in [0.15, 0.2) is 95.8 Å². The van der Waals surface area contributed by atoms with Gasteiger partial charge in [0.05, 0.1) is 0 Å². The van der Waals surface area contributed by atoms with Crippen LogP contribution in [0.1, 0.15) is 54.1 Å². The molecular weight excluding hydrogens is 562 g/mol. The van der Waals surface area contributed by atoms with E-state index in [1.54, 1.807) is 6.92 Å². The van der Waals surface area contributed by atoms with Gasteiger partial charge in [-0.1, -0.05) is 54.0 Å². The number of rotatable bonds is 9. The number of benzene rings is 3. The number of carbonyl (C=O) groups is 1. The van der Waals surface area contributed by atoms with Crippen molar-refractivity contribution in [2.45, 2.75) is 51.6 Å². The van der Waals surface area contributed by atoms with E-state index in [4.69, 9.17) is 9.26 Å². The van der Waals surface area contributed by atoms with E-state index in [1.165, 1.54) is 30.4 Å². The monoisotopic (exact) mass is 599 g/mol. The highest BCUT2D eigenvalue weighted by atomic mass is 16.5. The molecule has 2 aromatic heterocycles. The topological polar surface area (TPSA) is 84.6 Å². The zero-order chi connectivity index (χ0) is 30.6. The van der Waals surface area contributed by atoms with Crippen molar-refractivity contribution in [1.82, 2.24) is 24.9 Å². The van der Waals surface area contributed by atoms with Gasteiger partial charge in [-0.15, -0.1) is 0 Å². The minimum Gasteiger partial charge on any atom is -0.457 e. The molecule has 0 aliphatic carbocycles. The molecule has 2 fully saturated rings. The Kier molecular flexibility index (Phi) is 8.38. The molecule has 5 aromatic rings. The van der Waals surface area contributed by atoms with Crippen LogP contribution in [0.3, 0.4) is 0 Å². The zero-order valence-electron chi connectivity index (χ0n) is 25.6. The zero-order valence-corrected chi connectivity index (χ0v) is 25.6. The van der Waals surface area contributed by atoms with Gasteiger partial charge in [0.2, 0.25) is 5.91 Å². The minimum atomic E-state index is 0.160. The third-order valence-corrected chi connectivity index (χ3v) is 8.75. The molecule has 2 aliphatic heterocycles. The van der Waals surface area contributed by atoms with Gasteiger partial charge in [0.15, 0.2) is 5.82 Å². The van der Waals surface area contributed by atoms with Gasteiger partial charge in [-0.3, -0.25) is 14.7 Å². The summed E-state index contributed by atoms with van der Waals surface area (Å²) in [4.78, 5) is 26.5. The Morgan fingerprint density at radius 1 is 0.867 bits per heavy atom. The smallest absolute Gasteiger partial charge is 0.257 e. The molecule has 8 nitrogen and oxygen atoms in total. The first-order chi connectivity index (χ1) is 22.1. The molecular formula is C37H37N5O3. The predicted molar refractivity (Wildman–Crippen MR) is 173 cm³/mol. The summed E-state index contributed by atoms with van der Waals surface area (Å²) in [7, 11) is 0. The van der Waals surface area contributed by atoms with Crippen molar-refractivity contribution in [3.05, 3.63) is 114 Å². The van der Waals surface area contributed by atoms with E-state index in [1.807, 2.05) is 59.8 Å². The number of likely N-dealkylation sites (tertiary alicyclic amines) is 2. The SMILES string of the molecule is Cc1noc(-c2ccc(Oc3cc(-c4cncc(CN5CCCCC5)c4)ccc3CN3C[C@H](c4ccccc4)CC3=O)cc2)n1. The number of ether oxygens (including phenoxy) is 1. The third-order valence-electron chi connectivity index (χ3n) is 8.75. The van der Waals surface area contributed by atoms with E-state index >= 15 is 0 Å². The third kappa shape index (κ3) is 6.81. The Morgan fingerprint density at radius 2 is 1.67 bits per heavy atom. The lowest BCUT2D eigenvalue weighted by Crippen LogP contribution is -2.29. The molecule has 0 spiro atoms. The molecule has 2 saturated heterocycles. The molecule has 0 bridgehead atoms. The number of pyridine rings is 1. The molecule has 45 heavy (non-hydrogen) atoms. The van der Waals surface area contributed by atoms with E-state index in [9.17, 15) is 4.79 Å². The minimum absolute atomic E-state index is 0.160. The maximum Gasteiger partial charge on any atom is 0.257 e. The molecule has 1 atom stereocenters. The Hall–Kier alpha value is -4.82. The van der Waals surface area contributed by atoms with Crippen LogP contribution < -0.4 is 4.74 Å². The Balaban J connectivity index is 1.16. The van der Waals surface area contributed by atoms with Crippen LogP contribution in [0.25, 0.3) is 22.6 Å². The van der Waals surface area contributed by atoms with Crippen molar-refractivity contribution >= 4 is 5.91 Å². The average Bonchev–Trinajstić information content (AvgIpc) is 3.68. The normalized spacial score (nSPS) is 17.1. The van der Waals surface area contributed by atoms with E-state index in [-0.39, 0.29) is 11.8 Å². The number of piperidine rings is 1. The molecule has 4 heterocycles. The highest BCUT2D eigenvalue weighted by Gasteiger charge is 2.31. The number of nitrogens with zero attached hydrogens (tertiary/aromatic N) is 5. The van der Waals surface area contributed by atoms with Crippen LogP contribution in [-0.2, 0) is 17.9 Å². The summed E-state index contributed by atoms with van der Waals surface area (Å²) in [6.07, 6.45) is 8.24. The van der Waals surface area contributed by atoms with Gasteiger partial charge in [0, 0.05) is 61.1 Å². The molecule has 0 saturated carbocycles. The van der Waals surface area contributed by atoms with E-state index in [0.717, 1.165) is 41.9 Å². The maximum absolute atomic E-state index is 13.1. The summed E-state index contributed by atoms with van der Waals surface area (Å²) in [5.74, 6) is 2.81.